The number of hydrogen-bond acceptors (Lipinski definition) is 2. The molecular formula is C19H27NO. The monoisotopic (exact) mass is 285 g/mol. The molecule has 2 aliphatic rings. The maximum Gasteiger partial charge on any atom is 0.100 e. The summed E-state index contributed by atoms with van der Waals surface area (Å²) >= 11 is 0. The molecular weight excluding hydrogens is 258 g/mol. The third kappa shape index (κ3) is 1.61. The summed E-state index contributed by atoms with van der Waals surface area (Å²) in [6.07, 6.45) is 5.42. The summed E-state index contributed by atoms with van der Waals surface area (Å²) in [4.78, 5) is 2.43. The second kappa shape index (κ2) is 4.69. The maximum atomic E-state index is 11.7. The zero-order valence-corrected chi connectivity index (χ0v) is 13.6. The fourth-order valence-corrected chi connectivity index (χ4v) is 4.92. The van der Waals surface area contributed by atoms with Crippen LogP contribution in [0.2, 0.25) is 0 Å². The Balaban J connectivity index is 2.08. The first-order valence-corrected chi connectivity index (χ1v) is 8.16. The molecule has 1 aromatic rings. The summed E-state index contributed by atoms with van der Waals surface area (Å²) in [5.74, 6) is 0.215. The van der Waals surface area contributed by atoms with Crippen molar-refractivity contribution in [3.63, 3.8) is 0 Å². The standard InChI is InChI=1S/C19H27NO/c1-5-20(6-2)17(3)14-10-13-16-18(4,19(16,17)21)15-11-8-7-9-12-15/h7-13,16,21H,5-6,14H2,1-4H3/t16-,17-,18+,19-/m0/s1. The van der Waals surface area contributed by atoms with Crippen molar-refractivity contribution in [3.8, 4) is 0 Å². The Morgan fingerprint density at radius 2 is 1.76 bits per heavy atom. The number of likely N-dealkylation sites (N-methyl/N-ethyl adjacent to an activating group) is 1. The highest BCUT2D eigenvalue weighted by Crippen LogP contribution is 2.71. The minimum absolute atomic E-state index is 0.182. The van der Waals surface area contributed by atoms with Gasteiger partial charge in [0, 0.05) is 11.3 Å². The van der Waals surface area contributed by atoms with Crippen LogP contribution in [0.1, 0.15) is 39.7 Å². The molecule has 0 saturated heterocycles. The molecule has 2 heteroatoms. The van der Waals surface area contributed by atoms with Crippen molar-refractivity contribution in [2.75, 3.05) is 13.1 Å². The number of fused-ring (bicyclic) bond motifs is 1. The lowest BCUT2D eigenvalue weighted by atomic mass is 9.78. The van der Waals surface area contributed by atoms with Crippen LogP contribution in [0.15, 0.2) is 42.5 Å². The molecule has 114 valence electrons. The van der Waals surface area contributed by atoms with Crippen molar-refractivity contribution in [2.45, 2.75) is 50.7 Å². The van der Waals surface area contributed by atoms with Crippen molar-refractivity contribution in [3.05, 3.63) is 48.0 Å². The normalized spacial score (nSPS) is 41.1. The zero-order chi connectivity index (χ0) is 15.3. The van der Waals surface area contributed by atoms with E-state index in [1.807, 2.05) is 6.07 Å². The summed E-state index contributed by atoms with van der Waals surface area (Å²) in [6, 6.07) is 10.5. The summed E-state index contributed by atoms with van der Waals surface area (Å²) in [7, 11) is 0. The van der Waals surface area contributed by atoms with Gasteiger partial charge in [-0.1, -0.05) is 63.3 Å². The van der Waals surface area contributed by atoms with Gasteiger partial charge in [0.1, 0.15) is 5.60 Å². The first-order valence-electron chi connectivity index (χ1n) is 8.16. The van der Waals surface area contributed by atoms with E-state index in [1.54, 1.807) is 0 Å². The van der Waals surface area contributed by atoms with Crippen LogP contribution >= 0.6 is 0 Å². The van der Waals surface area contributed by atoms with Crippen LogP contribution in [0, 0.1) is 5.92 Å². The average Bonchev–Trinajstić information content (AvgIpc) is 3.02. The maximum absolute atomic E-state index is 11.7. The van der Waals surface area contributed by atoms with E-state index in [0.717, 1.165) is 19.5 Å². The van der Waals surface area contributed by atoms with Gasteiger partial charge in [0.15, 0.2) is 0 Å². The van der Waals surface area contributed by atoms with E-state index >= 15 is 0 Å². The Kier molecular flexibility index (Phi) is 3.30. The van der Waals surface area contributed by atoms with Crippen LogP contribution in [0.25, 0.3) is 0 Å². The van der Waals surface area contributed by atoms with Crippen LogP contribution in [-0.4, -0.2) is 34.2 Å². The fraction of sp³-hybridized carbons (Fsp3) is 0.579. The predicted molar refractivity (Wildman–Crippen MR) is 87.3 cm³/mol. The Morgan fingerprint density at radius 1 is 1.14 bits per heavy atom. The van der Waals surface area contributed by atoms with Gasteiger partial charge in [0.25, 0.3) is 0 Å². The van der Waals surface area contributed by atoms with E-state index < -0.39 is 5.60 Å². The van der Waals surface area contributed by atoms with E-state index in [1.165, 1.54) is 5.56 Å². The van der Waals surface area contributed by atoms with Crippen molar-refractivity contribution < 1.29 is 5.11 Å². The summed E-state index contributed by atoms with van der Waals surface area (Å²) in [5.41, 5.74) is 0.198. The number of benzene rings is 1. The third-order valence-electron chi connectivity index (χ3n) is 6.28. The summed E-state index contributed by atoms with van der Waals surface area (Å²) in [6.45, 7) is 10.8. The largest absolute Gasteiger partial charge is 0.386 e. The van der Waals surface area contributed by atoms with Crippen molar-refractivity contribution in [1.29, 1.82) is 0 Å². The molecule has 0 bridgehead atoms. The van der Waals surface area contributed by atoms with E-state index in [9.17, 15) is 5.11 Å². The smallest absolute Gasteiger partial charge is 0.100 e. The molecule has 1 saturated carbocycles. The molecule has 21 heavy (non-hydrogen) atoms. The molecule has 1 N–H and O–H groups in total. The molecule has 0 heterocycles. The summed E-state index contributed by atoms with van der Waals surface area (Å²) < 4.78 is 0. The van der Waals surface area contributed by atoms with Gasteiger partial charge in [-0.3, -0.25) is 4.90 Å². The predicted octanol–water partition coefficient (Wildman–Crippen LogP) is 3.37. The second-order valence-electron chi connectivity index (χ2n) is 6.89. The van der Waals surface area contributed by atoms with E-state index in [2.05, 4.69) is 69.0 Å². The fourth-order valence-electron chi connectivity index (χ4n) is 4.92. The molecule has 0 unspecified atom stereocenters. The zero-order valence-electron chi connectivity index (χ0n) is 13.6. The minimum Gasteiger partial charge on any atom is -0.386 e. The molecule has 2 aliphatic carbocycles. The van der Waals surface area contributed by atoms with Crippen LogP contribution in [-0.2, 0) is 5.41 Å². The molecule has 0 aromatic heterocycles. The van der Waals surface area contributed by atoms with Crippen molar-refractivity contribution >= 4 is 0 Å². The highest BCUT2D eigenvalue weighted by Gasteiger charge is 2.80. The van der Waals surface area contributed by atoms with Gasteiger partial charge < -0.3 is 5.11 Å². The van der Waals surface area contributed by atoms with Gasteiger partial charge in [-0.25, -0.2) is 0 Å². The average molecular weight is 285 g/mol. The van der Waals surface area contributed by atoms with Gasteiger partial charge in [0.05, 0.1) is 5.54 Å². The van der Waals surface area contributed by atoms with Crippen molar-refractivity contribution in [2.24, 2.45) is 5.92 Å². The van der Waals surface area contributed by atoms with Crippen LogP contribution < -0.4 is 0 Å². The molecule has 1 fully saturated rings. The Morgan fingerprint density at radius 3 is 2.33 bits per heavy atom. The highest BCUT2D eigenvalue weighted by atomic mass is 16.3. The third-order valence-corrected chi connectivity index (χ3v) is 6.28. The van der Waals surface area contributed by atoms with E-state index in [0.29, 0.717) is 0 Å². The first kappa shape index (κ1) is 14.8. The molecule has 2 nitrogen and oxygen atoms in total. The molecule has 0 amide bonds. The van der Waals surface area contributed by atoms with E-state index in [-0.39, 0.29) is 16.9 Å². The van der Waals surface area contributed by atoms with E-state index in [4.69, 9.17) is 0 Å². The SMILES string of the molecule is CCN(CC)[C@@]1(C)CC=C[C@@H]2[C@@]1(O)[C@]2(C)c1ccccc1. The first-order chi connectivity index (χ1) is 9.96. The molecule has 3 rings (SSSR count). The quantitative estimate of drug-likeness (QED) is 0.857. The molecule has 4 atom stereocenters. The second-order valence-corrected chi connectivity index (χ2v) is 6.89. The summed E-state index contributed by atoms with van der Waals surface area (Å²) in [5, 5.41) is 11.7. The van der Waals surface area contributed by atoms with Gasteiger partial charge >= 0.3 is 0 Å². The van der Waals surface area contributed by atoms with Gasteiger partial charge in [0.2, 0.25) is 0 Å². The van der Waals surface area contributed by atoms with Gasteiger partial charge in [-0.15, -0.1) is 0 Å². The van der Waals surface area contributed by atoms with Gasteiger partial charge in [-0.2, -0.15) is 0 Å². The number of rotatable bonds is 4. The lowest BCUT2D eigenvalue weighted by molar-refractivity contribution is -0.0555. The van der Waals surface area contributed by atoms with Crippen molar-refractivity contribution in [1.82, 2.24) is 4.90 Å². The Bertz CT molecular complexity index is 550. The number of nitrogens with zero attached hydrogens (tertiary/aromatic N) is 1. The highest BCUT2D eigenvalue weighted by molar-refractivity contribution is 5.51. The topological polar surface area (TPSA) is 23.5 Å². The van der Waals surface area contributed by atoms with Crippen LogP contribution in [0.4, 0.5) is 0 Å². The number of hydrogen-bond donors (Lipinski definition) is 1. The Labute approximate surface area is 128 Å². The lowest BCUT2D eigenvalue weighted by Crippen LogP contribution is -2.59. The number of aliphatic hydroxyl groups is 1. The van der Waals surface area contributed by atoms with Crippen LogP contribution in [0.5, 0.6) is 0 Å². The minimum atomic E-state index is -0.678. The molecule has 1 aromatic carbocycles. The molecule has 0 radical (unpaired) electrons. The van der Waals surface area contributed by atoms with Crippen LogP contribution in [0.3, 0.4) is 0 Å². The van der Waals surface area contributed by atoms with Gasteiger partial charge in [-0.05, 0) is 32.0 Å². The molecule has 0 spiro atoms. The Hall–Kier alpha value is -1.12. The molecule has 0 aliphatic heterocycles. The lowest BCUT2D eigenvalue weighted by Gasteiger charge is -2.47.